The van der Waals surface area contributed by atoms with Gasteiger partial charge in [0.25, 0.3) is 0 Å². The molecule has 0 spiro atoms. The summed E-state index contributed by atoms with van der Waals surface area (Å²) in [6.45, 7) is 3.17. The molecule has 4 heteroatoms. The number of nitrogens with one attached hydrogen (secondary N) is 2. The summed E-state index contributed by atoms with van der Waals surface area (Å²) in [7, 11) is 0. The molecule has 2 aromatic carbocycles. The molecule has 0 saturated carbocycles. The van der Waals surface area contributed by atoms with Gasteiger partial charge in [0.1, 0.15) is 5.82 Å². The van der Waals surface area contributed by atoms with Crippen molar-refractivity contribution in [3.8, 4) is 0 Å². The minimum absolute atomic E-state index is 0.0455. The summed E-state index contributed by atoms with van der Waals surface area (Å²) < 4.78 is 14.3. The van der Waals surface area contributed by atoms with Crippen LogP contribution in [-0.4, -0.2) is 18.5 Å². The Labute approximate surface area is 142 Å². The van der Waals surface area contributed by atoms with Gasteiger partial charge < -0.3 is 10.6 Å². The highest BCUT2D eigenvalue weighted by molar-refractivity contribution is 5.81. The lowest BCUT2D eigenvalue weighted by molar-refractivity contribution is -0.122. The molecule has 1 amide bonds. The van der Waals surface area contributed by atoms with Gasteiger partial charge in [-0.1, -0.05) is 36.4 Å². The van der Waals surface area contributed by atoms with E-state index in [0.29, 0.717) is 12.0 Å². The Balaban J connectivity index is 1.62. The second-order valence-corrected chi connectivity index (χ2v) is 6.40. The molecule has 2 N–H and O–H groups in total. The maximum absolute atomic E-state index is 14.3. The topological polar surface area (TPSA) is 41.1 Å². The zero-order valence-corrected chi connectivity index (χ0v) is 13.9. The molecule has 24 heavy (non-hydrogen) atoms. The van der Waals surface area contributed by atoms with Crippen LogP contribution < -0.4 is 10.6 Å². The van der Waals surface area contributed by atoms with Crippen molar-refractivity contribution < 1.29 is 9.18 Å². The normalized spacial score (nSPS) is 17.0. The van der Waals surface area contributed by atoms with E-state index in [0.717, 1.165) is 24.9 Å². The lowest BCUT2D eigenvalue weighted by Gasteiger charge is -2.12. The highest BCUT2D eigenvalue weighted by Crippen LogP contribution is 2.17. The van der Waals surface area contributed by atoms with E-state index < -0.39 is 0 Å². The van der Waals surface area contributed by atoms with Crippen LogP contribution in [0.4, 0.5) is 4.39 Å². The molecule has 0 unspecified atom stereocenters. The lowest BCUT2D eigenvalue weighted by atomic mass is 9.99. The maximum atomic E-state index is 14.3. The first kappa shape index (κ1) is 16.7. The Morgan fingerprint density at radius 3 is 2.79 bits per heavy atom. The molecule has 1 aliphatic rings. The molecule has 0 bridgehead atoms. The third-order valence-corrected chi connectivity index (χ3v) is 4.60. The van der Waals surface area contributed by atoms with E-state index in [1.807, 2.05) is 18.2 Å². The van der Waals surface area contributed by atoms with Crippen molar-refractivity contribution in [1.29, 1.82) is 0 Å². The summed E-state index contributed by atoms with van der Waals surface area (Å²) in [5.41, 5.74) is 3.87. The van der Waals surface area contributed by atoms with Gasteiger partial charge in [-0.2, -0.15) is 0 Å². The predicted octanol–water partition coefficient (Wildman–Crippen LogP) is 3.09. The van der Waals surface area contributed by atoms with Crippen molar-refractivity contribution in [2.75, 3.05) is 6.54 Å². The number of hydrogen-bond acceptors (Lipinski definition) is 2. The summed E-state index contributed by atoms with van der Waals surface area (Å²) in [5, 5.41) is 5.96. The Morgan fingerprint density at radius 1 is 1.25 bits per heavy atom. The van der Waals surface area contributed by atoms with Crippen LogP contribution in [0.15, 0.2) is 42.5 Å². The quantitative estimate of drug-likeness (QED) is 0.886. The van der Waals surface area contributed by atoms with E-state index in [1.165, 1.54) is 11.1 Å². The smallest absolute Gasteiger partial charge is 0.237 e. The van der Waals surface area contributed by atoms with E-state index in [-0.39, 0.29) is 24.3 Å². The molecule has 0 radical (unpaired) electrons. The van der Waals surface area contributed by atoms with Gasteiger partial charge in [-0.05, 0) is 55.5 Å². The van der Waals surface area contributed by atoms with E-state index in [2.05, 4.69) is 29.7 Å². The van der Waals surface area contributed by atoms with Crippen LogP contribution in [0.2, 0.25) is 0 Å². The predicted molar refractivity (Wildman–Crippen MR) is 93.3 cm³/mol. The first-order valence-electron chi connectivity index (χ1n) is 8.46. The summed E-state index contributed by atoms with van der Waals surface area (Å²) in [4.78, 5) is 12.0. The molecule has 1 aliphatic heterocycles. The molecule has 1 fully saturated rings. The van der Waals surface area contributed by atoms with Crippen molar-refractivity contribution in [3.05, 3.63) is 70.5 Å². The fourth-order valence-corrected chi connectivity index (χ4v) is 3.09. The molecule has 1 heterocycles. The Bertz CT molecular complexity index is 723. The SMILES string of the molecule is Cc1ccccc1Cc1ccc(CNC(=O)[C@@H]2CCCN2)c(F)c1. The van der Waals surface area contributed by atoms with Crippen molar-refractivity contribution in [2.45, 2.75) is 38.8 Å². The maximum Gasteiger partial charge on any atom is 0.237 e. The number of aryl methyl sites for hydroxylation is 1. The molecular formula is C20H23FN2O. The lowest BCUT2D eigenvalue weighted by Crippen LogP contribution is -2.40. The molecule has 1 atom stereocenters. The molecule has 3 nitrogen and oxygen atoms in total. The summed E-state index contributed by atoms with van der Waals surface area (Å²) >= 11 is 0. The number of hydrogen-bond donors (Lipinski definition) is 2. The zero-order valence-electron chi connectivity index (χ0n) is 13.9. The second-order valence-electron chi connectivity index (χ2n) is 6.40. The highest BCUT2D eigenvalue weighted by atomic mass is 19.1. The van der Waals surface area contributed by atoms with Crippen molar-refractivity contribution in [3.63, 3.8) is 0 Å². The van der Waals surface area contributed by atoms with Gasteiger partial charge in [0.15, 0.2) is 0 Å². The molecule has 0 aromatic heterocycles. The molecule has 0 aliphatic carbocycles. The van der Waals surface area contributed by atoms with E-state index in [1.54, 1.807) is 12.1 Å². The van der Waals surface area contributed by atoms with E-state index >= 15 is 0 Å². The number of amides is 1. The number of rotatable bonds is 5. The van der Waals surface area contributed by atoms with Gasteiger partial charge in [-0.25, -0.2) is 4.39 Å². The standard InChI is InChI=1S/C20H23FN2O/c1-14-5-2-3-6-16(14)11-15-8-9-17(18(21)12-15)13-23-20(24)19-7-4-10-22-19/h2-3,5-6,8-9,12,19,22H,4,7,10-11,13H2,1H3,(H,23,24)/t19-/m0/s1. The van der Waals surface area contributed by atoms with Crippen molar-refractivity contribution in [2.24, 2.45) is 0 Å². The van der Waals surface area contributed by atoms with Gasteiger partial charge in [-0.3, -0.25) is 4.79 Å². The highest BCUT2D eigenvalue weighted by Gasteiger charge is 2.21. The van der Waals surface area contributed by atoms with Crippen LogP contribution >= 0.6 is 0 Å². The van der Waals surface area contributed by atoms with Gasteiger partial charge in [0.2, 0.25) is 5.91 Å². The minimum Gasteiger partial charge on any atom is -0.351 e. The van der Waals surface area contributed by atoms with Gasteiger partial charge in [-0.15, -0.1) is 0 Å². The molecule has 126 valence electrons. The summed E-state index contributed by atoms with van der Waals surface area (Å²) in [6.07, 6.45) is 2.58. The number of carbonyl (C=O) groups is 1. The first-order chi connectivity index (χ1) is 11.6. The third kappa shape index (κ3) is 4.01. The zero-order chi connectivity index (χ0) is 16.9. The number of halogens is 1. The van der Waals surface area contributed by atoms with Crippen molar-refractivity contribution >= 4 is 5.91 Å². The Morgan fingerprint density at radius 2 is 2.08 bits per heavy atom. The van der Waals surface area contributed by atoms with Crippen LogP contribution in [0, 0.1) is 12.7 Å². The largest absolute Gasteiger partial charge is 0.351 e. The van der Waals surface area contributed by atoms with Gasteiger partial charge in [0.05, 0.1) is 6.04 Å². The number of benzene rings is 2. The third-order valence-electron chi connectivity index (χ3n) is 4.60. The Kier molecular flexibility index (Phi) is 5.26. The van der Waals surface area contributed by atoms with Crippen LogP contribution in [-0.2, 0) is 17.8 Å². The van der Waals surface area contributed by atoms with E-state index in [4.69, 9.17) is 0 Å². The molecular weight excluding hydrogens is 303 g/mol. The second kappa shape index (κ2) is 7.58. The summed E-state index contributed by atoms with van der Waals surface area (Å²) in [5.74, 6) is -0.309. The average Bonchev–Trinajstić information content (AvgIpc) is 3.10. The van der Waals surface area contributed by atoms with Gasteiger partial charge >= 0.3 is 0 Å². The molecule has 3 rings (SSSR count). The fraction of sp³-hybridized carbons (Fsp3) is 0.350. The van der Waals surface area contributed by atoms with E-state index in [9.17, 15) is 9.18 Å². The molecule has 1 saturated heterocycles. The average molecular weight is 326 g/mol. The van der Waals surface area contributed by atoms with Crippen LogP contribution in [0.25, 0.3) is 0 Å². The minimum atomic E-state index is -0.263. The molecule has 2 aromatic rings. The van der Waals surface area contributed by atoms with Crippen LogP contribution in [0.3, 0.4) is 0 Å². The number of carbonyl (C=O) groups excluding carboxylic acids is 1. The van der Waals surface area contributed by atoms with Crippen molar-refractivity contribution in [1.82, 2.24) is 10.6 Å². The fourth-order valence-electron chi connectivity index (χ4n) is 3.09. The van der Waals surface area contributed by atoms with Crippen LogP contribution in [0.5, 0.6) is 0 Å². The Hall–Kier alpha value is -2.20. The monoisotopic (exact) mass is 326 g/mol. The first-order valence-corrected chi connectivity index (χ1v) is 8.46. The summed E-state index contributed by atoms with van der Waals surface area (Å²) in [6, 6.07) is 13.3. The van der Waals surface area contributed by atoms with Crippen LogP contribution in [0.1, 0.15) is 35.1 Å². The van der Waals surface area contributed by atoms with Gasteiger partial charge in [0, 0.05) is 12.1 Å².